The zero-order valence-corrected chi connectivity index (χ0v) is 13.8. The monoisotopic (exact) mass is 369 g/mol. The third-order valence-electron chi connectivity index (χ3n) is 3.81. The lowest BCUT2D eigenvalue weighted by atomic mass is 10.2. The van der Waals surface area contributed by atoms with Crippen LogP contribution in [0.5, 0.6) is 5.75 Å². The molecule has 1 N–H and O–H groups in total. The maximum absolute atomic E-state index is 12.7. The molecule has 0 radical (unpaired) electrons. The van der Waals surface area contributed by atoms with Gasteiger partial charge < -0.3 is 9.47 Å². The molecule has 0 saturated carbocycles. The molecule has 0 atom stereocenters. The normalized spacial score (nSPS) is 11.9. The Balaban J connectivity index is 2.09. The number of halogens is 3. The minimum Gasteiger partial charge on any atom is -0.406 e. The predicted octanol–water partition coefficient (Wildman–Crippen LogP) is 2.29. The Morgan fingerprint density at radius 2 is 1.81 bits per heavy atom. The molecule has 2 aromatic heterocycles. The molecule has 0 spiro atoms. The molecule has 0 bridgehead atoms. The number of rotatable bonds is 4. The summed E-state index contributed by atoms with van der Waals surface area (Å²) >= 11 is 0. The van der Waals surface area contributed by atoms with E-state index >= 15 is 0 Å². The predicted molar refractivity (Wildman–Crippen MR) is 86.6 cm³/mol. The maximum Gasteiger partial charge on any atom is 0.573 e. The van der Waals surface area contributed by atoms with Crippen LogP contribution < -0.4 is 15.9 Å². The van der Waals surface area contributed by atoms with Crippen LogP contribution in [0.2, 0.25) is 0 Å². The Morgan fingerprint density at radius 3 is 2.38 bits per heavy atom. The SMILES string of the molecule is COCn1c(C)c2c(=O)n(-c3ccc(OC(F)(F)F)cc3)[nH]c2cc1=O. The Kier molecular flexibility index (Phi) is 4.36. The number of ether oxygens (including phenoxy) is 2. The van der Waals surface area contributed by atoms with E-state index in [4.69, 9.17) is 4.74 Å². The van der Waals surface area contributed by atoms with Crippen molar-refractivity contribution in [2.45, 2.75) is 20.0 Å². The molecule has 0 amide bonds. The van der Waals surface area contributed by atoms with Gasteiger partial charge in [0.15, 0.2) is 0 Å². The minimum absolute atomic E-state index is 0.00525. The highest BCUT2D eigenvalue weighted by Gasteiger charge is 2.31. The van der Waals surface area contributed by atoms with Crippen LogP contribution >= 0.6 is 0 Å². The van der Waals surface area contributed by atoms with Gasteiger partial charge in [0.2, 0.25) is 0 Å². The standard InChI is InChI=1S/C16H14F3N3O4/c1-9-14-12(7-13(23)21(9)8-25-2)20-22(15(14)24)10-3-5-11(6-4-10)26-16(17,18)19/h3-7,20H,8H2,1-2H3. The number of pyridine rings is 1. The average molecular weight is 369 g/mol. The van der Waals surface area contributed by atoms with Gasteiger partial charge in [-0.1, -0.05) is 0 Å². The van der Waals surface area contributed by atoms with Gasteiger partial charge in [0.25, 0.3) is 11.1 Å². The molecule has 3 rings (SSSR count). The van der Waals surface area contributed by atoms with E-state index in [0.29, 0.717) is 16.9 Å². The maximum atomic E-state index is 12.7. The van der Waals surface area contributed by atoms with Crippen LogP contribution in [0.4, 0.5) is 13.2 Å². The van der Waals surface area contributed by atoms with E-state index in [0.717, 1.165) is 16.8 Å². The van der Waals surface area contributed by atoms with Gasteiger partial charge in [-0.3, -0.25) is 19.3 Å². The van der Waals surface area contributed by atoms with Crippen LogP contribution in [-0.4, -0.2) is 27.8 Å². The highest BCUT2D eigenvalue weighted by atomic mass is 19.4. The first-order valence-electron chi connectivity index (χ1n) is 7.41. The Bertz CT molecular complexity index is 1060. The number of aryl methyl sites for hydroxylation is 1. The van der Waals surface area contributed by atoms with Gasteiger partial charge in [-0.25, -0.2) is 4.68 Å². The summed E-state index contributed by atoms with van der Waals surface area (Å²) in [6.07, 6.45) is -4.80. The smallest absolute Gasteiger partial charge is 0.406 e. The number of fused-ring (bicyclic) bond motifs is 1. The Morgan fingerprint density at radius 1 is 1.15 bits per heavy atom. The first-order valence-corrected chi connectivity index (χ1v) is 7.41. The van der Waals surface area contributed by atoms with Crippen molar-refractivity contribution in [2.24, 2.45) is 0 Å². The molecular weight excluding hydrogens is 355 g/mol. The number of nitrogens with zero attached hydrogens (tertiary/aromatic N) is 2. The molecule has 3 aromatic rings. The summed E-state index contributed by atoms with van der Waals surface area (Å²) in [6, 6.07) is 6.05. The quantitative estimate of drug-likeness (QED) is 0.766. The zero-order valence-electron chi connectivity index (χ0n) is 13.8. The van der Waals surface area contributed by atoms with Crippen molar-refractivity contribution in [3.8, 4) is 11.4 Å². The first kappa shape index (κ1) is 17.8. The molecule has 2 heterocycles. The molecule has 0 saturated heterocycles. The summed E-state index contributed by atoms with van der Waals surface area (Å²) in [5.74, 6) is -0.402. The van der Waals surface area contributed by atoms with Gasteiger partial charge in [0.1, 0.15) is 12.5 Å². The van der Waals surface area contributed by atoms with E-state index in [1.54, 1.807) is 6.92 Å². The van der Waals surface area contributed by atoms with Gasteiger partial charge in [-0.05, 0) is 31.2 Å². The number of H-pyrrole nitrogens is 1. The highest BCUT2D eigenvalue weighted by Crippen LogP contribution is 2.23. The van der Waals surface area contributed by atoms with Crippen LogP contribution in [0.3, 0.4) is 0 Å². The fourth-order valence-corrected chi connectivity index (χ4v) is 2.68. The van der Waals surface area contributed by atoms with Crippen molar-refractivity contribution >= 4 is 10.9 Å². The fourth-order valence-electron chi connectivity index (χ4n) is 2.68. The van der Waals surface area contributed by atoms with Gasteiger partial charge >= 0.3 is 6.36 Å². The average Bonchev–Trinajstić information content (AvgIpc) is 2.87. The van der Waals surface area contributed by atoms with Crippen molar-refractivity contribution in [2.75, 3.05) is 7.11 Å². The first-order chi connectivity index (χ1) is 12.2. The molecule has 0 unspecified atom stereocenters. The van der Waals surface area contributed by atoms with Gasteiger partial charge in [-0.2, -0.15) is 0 Å². The lowest BCUT2D eigenvalue weighted by molar-refractivity contribution is -0.274. The molecule has 0 fully saturated rings. The Hall–Kier alpha value is -3.01. The van der Waals surface area contributed by atoms with E-state index in [9.17, 15) is 22.8 Å². The summed E-state index contributed by atoms with van der Waals surface area (Å²) < 4.78 is 47.9. The van der Waals surface area contributed by atoms with E-state index in [1.807, 2.05) is 0 Å². The van der Waals surface area contributed by atoms with Crippen LogP contribution in [0.1, 0.15) is 5.69 Å². The van der Waals surface area contributed by atoms with Gasteiger partial charge in [-0.15, -0.1) is 13.2 Å². The van der Waals surface area contributed by atoms with Gasteiger partial charge in [0.05, 0.1) is 16.6 Å². The topological polar surface area (TPSA) is 78.2 Å². The number of benzene rings is 1. The molecule has 7 nitrogen and oxygen atoms in total. The second-order valence-corrected chi connectivity index (χ2v) is 5.50. The molecular formula is C16H14F3N3O4. The van der Waals surface area contributed by atoms with Crippen LogP contribution in [0.25, 0.3) is 16.6 Å². The summed E-state index contributed by atoms with van der Waals surface area (Å²) in [6.45, 7) is 1.61. The third-order valence-corrected chi connectivity index (χ3v) is 3.81. The van der Waals surface area contributed by atoms with E-state index in [1.165, 1.54) is 29.9 Å². The van der Waals surface area contributed by atoms with Gasteiger partial charge in [0, 0.05) is 18.9 Å². The van der Waals surface area contributed by atoms with Crippen LogP contribution in [0.15, 0.2) is 39.9 Å². The zero-order chi connectivity index (χ0) is 19.1. The molecule has 0 aliphatic rings. The number of hydrogen-bond donors (Lipinski definition) is 1. The van der Waals surface area contributed by atoms with E-state index < -0.39 is 17.7 Å². The van der Waals surface area contributed by atoms with Crippen molar-refractivity contribution in [1.29, 1.82) is 0 Å². The second kappa shape index (κ2) is 6.37. The summed E-state index contributed by atoms with van der Waals surface area (Å²) in [4.78, 5) is 24.8. The molecule has 10 heteroatoms. The number of nitrogens with one attached hydrogen (secondary N) is 1. The molecule has 0 aliphatic carbocycles. The Labute approximate surface area is 144 Å². The molecule has 0 aliphatic heterocycles. The number of aromatic nitrogens is 3. The molecule has 138 valence electrons. The van der Waals surface area contributed by atoms with Crippen LogP contribution in [-0.2, 0) is 11.5 Å². The number of aromatic amines is 1. The molecule has 1 aromatic carbocycles. The lowest BCUT2D eigenvalue weighted by Crippen LogP contribution is -2.24. The van der Waals surface area contributed by atoms with E-state index in [2.05, 4.69) is 9.84 Å². The second-order valence-electron chi connectivity index (χ2n) is 5.50. The third kappa shape index (κ3) is 3.23. The van der Waals surface area contributed by atoms with Crippen molar-refractivity contribution < 1.29 is 22.6 Å². The summed E-state index contributed by atoms with van der Waals surface area (Å²) in [5.41, 5.74) is 0.253. The van der Waals surface area contributed by atoms with Crippen LogP contribution in [0, 0.1) is 6.92 Å². The number of methoxy groups -OCH3 is 1. The van der Waals surface area contributed by atoms with E-state index in [-0.39, 0.29) is 17.7 Å². The summed E-state index contributed by atoms with van der Waals surface area (Å²) in [5, 5.41) is 3.07. The summed E-state index contributed by atoms with van der Waals surface area (Å²) in [7, 11) is 1.43. The molecule has 26 heavy (non-hydrogen) atoms. The number of alkyl halides is 3. The van der Waals surface area contributed by atoms with Crippen molar-refractivity contribution in [1.82, 2.24) is 14.3 Å². The minimum atomic E-state index is -4.80. The number of hydrogen-bond acceptors (Lipinski definition) is 4. The lowest BCUT2D eigenvalue weighted by Gasteiger charge is -2.09. The highest BCUT2D eigenvalue weighted by molar-refractivity contribution is 5.80. The fraction of sp³-hybridized carbons (Fsp3) is 0.250. The van der Waals surface area contributed by atoms with Crippen molar-refractivity contribution in [3.63, 3.8) is 0 Å². The largest absolute Gasteiger partial charge is 0.573 e. The van der Waals surface area contributed by atoms with Crippen molar-refractivity contribution in [3.05, 3.63) is 56.7 Å².